The summed E-state index contributed by atoms with van der Waals surface area (Å²) >= 11 is 0. The second kappa shape index (κ2) is 7.44. The van der Waals surface area contributed by atoms with Gasteiger partial charge in [-0.2, -0.15) is 0 Å². The highest BCUT2D eigenvalue weighted by Crippen LogP contribution is 2.52. The molecule has 2 aromatic carbocycles. The Balaban J connectivity index is 1.59. The molecule has 0 amide bonds. The van der Waals surface area contributed by atoms with E-state index < -0.39 is 28.0 Å². The number of rotatable bonds is 6. The van der Waals surface area contributed by atoms with Crippen LogP contribution in [0.2, 0.25) is 0 Å². The van der Waals surface area contributed by atoms with Crippen molar-refractivity contribution in [2.24, 2.45) is 5.92 Å². The maximum Gasteiger partial charge on any atom is 0.310 e. The average Bonchev–Trinajstić information content (AvgIpc) is 3.21. The Morgan fingerprint density at radius 2 is 1.93 bits per heavy atom. The molecule has 1 saturated carbocycles. The van der Waals surface area contributed by atoms with Crippen LogP contribution in [0.1, 0.15) is 36.3 Å². The maximum absolute atomic E-state index is 12.6. The summed E-state index contributed by atoms with van der Waals surface area (Å²) in [6.07, 6.45) is -0.636. The summed E-state index contributed by atoms with van der Waals surface area (Å²) in [4.78, 5) is 11.6. The first-order valence-electron chi connectivity index (χ1n) is 9.54. The first-order valence-corrected chi connectivity index (χ1v) is 11.0. The van der Waals surface area contributed by atoms with E-state index in [2.05, 4.69) is 4.72 Å². The van der Waals surface area contributed by atoms with Crippen LogP contribution in [-0.4, -0.2) is 43.4 Å². The third-order valence-electron chi connectivity index (χ3n) is 5.93. The largest absolute Gasteiger partial charge is 0.489 e. The van der Waals surface area contributed by atoms with Crippen LogP contribution in [-0.2, 0) is 14.8 Å². The number of carboxylic acids is 1. The number of aliphatic carboxylic acids is 1. The van der Waals surface area contributed by atoms with E-state index in [9.17, 15) is 23.4 Å². The van der Waals surface area contributed by atoms with Crippen molar-refractivity contribution in [1.29, 1.82) is 0 Å². The van der Waals surface area contributed by atoms with Gasteiger partial charge in [0.1, 0.15) is 11.9 Å². The first kappa shape index (κ1) is 19.9. The zero-order chi connectivity index (χ0) is 20.8. The predicted molar refractivity (Wildman–Crippen MR) is 105 cm³/mol. The molecule has 4 rings (SSSR count). The van der Waals surface area contributed by atoms with Crippen LogP contribution in [0.5, 0.6) is 5.75 Å². The molecule has 0 bridgehead atoms. The fraction of sp³-hybridized carbons (Fsp3) is 0.381. The van der Waals surface area contributed by atoms with E-state index >= 15 is 0 Å². The highest BCUT2D eigenvalue weighted by molar-refractivity contribution is 7.89. The molecule has 5 unspecified atom stereocenters. The van der Waals surface area contributed by atoms with Crippen LogP contribution in [0, 0.1) is 5.92 Å². The summed E-state index contributed by atoms with van der Waals surface area (Å²) < 4.78 is 33.8. The molecule has 1 aliphatic carbocycles. The van der Waals surface area contributed by atoms with Crippen molar-refractivity contribution in [3.05, 3.63) is 59.7 Å². The minimum absolute atomic E-state index is 0.0705. The molecule has 2 aromatic rings. The highest BCUT2D eigenvalue weighted by Gasteiger charge is 2.50. The smallest absolute Gasteiger partial charge is 0.310 e. The van der Waals surface area contributed by atoms with Gasteiger partial charge in [0.2, 0.25) is 10.0 Å². The van der Waals surface area contributed by atoms with Crippen molar-refractivity contribution in [2.75, 3.05) is 6.54 Å². The number of benzene rings is 2. The fourth-order valence-corrected chi connectivity index (χ4v) is 5.47. The minimum atomic E-state index is -3.69. The lowest BCUT2D eigenvalue weighted by molar-refractivity contribution is -0.138. The number of aliphatic hydroxyl groups excluding tert-OH is 1. The Hall–Kier alpha value is -2.42. The number of carboxylic acid groups (broad SMARTS) is 1. The molecule has 1 fully saturated rings. The molecule has 1 heterocycles. The number of nitrogens with one attached hydrogen (secondary N) is 1. The molecule has 0 radical (unpaired) electrons. The van der Waals surface area contributed by atoms with Gasteiger partial charge in [-0.05, 0) is 19.1 Å². The van der Waals surface area contributed by atoms with Gasteiger partial charge >= 0.3 is 5.97 Å². The second-order valence-electron chi connectivity index (χ2n) is 7.64. The number of aliphatic hydroxyl groups is 1. The number of fused-ring (bicyclic) bond motifs is 3. The number of hydrogen-bond donors (Lipinski definition) is 3. The van der Waals surface area contributed by atoms with Crippen LogP contribution < -0.4 is 9.46 Å². The van der Waals surface area contributed by atoms with Gasteiger partial charge in [-0.25, -0.2) is 13.1 Å². The summed E-state index contributed by atoms with van der Waals surface area (Å²) in [6.45, 7) is 1.68. The molecule has 2 aliphatic rings. The maximum atomic E-state index is 12.6. The van der Waals surface area contributed by atoms with E-state index in [0.29, 0.717) is 17.7 Å². The molecule has 8 heteroatoms. The van der Waals surface area contributed by atoms with Crippen molar-refractivity contribution >= 4 is 16.0 Å². The van der Waals surface area contributed by atoms with Crippen LogP contribution in [0.3, 0.4) is 0 Å². The molecule has 5 atom stereocenters. The molecule has 29 heavy (non-hydrogen) atoms. The van der Waals surface area contributed by atoms with Crippen molar-refractivity contribution in [3.8, 4) is 5.75 Å². The Kier molecular flexibility index (Phi) is 5.10. The molecule has 0 spiro atoms. The van der Waals surface area contributed by atoms with E-state index in [-0.39, 0.29) is 29.4 Å². The van der Waals surface area contributed by atoms with Crippen LogP contribution in [0.15, 0.2) is 53.4 Å². The zero-order valence-corrected chi connectivity index (χ0v) is 16.7. The monoisotopic (exact) mass is 417 g/mol. The summed E-state index contributed by atoms with van der Waals surface area (Å²) in [5.74, 6) is -1.66. The van der Waals surface area contributed by atoms with Gasteiger partial charge in [-0.1, -0.05) is 36.4 Å². The van der Waals surface area contributed by atoms with E-state index in [4.69, 9.17) is 4.74 Å². The lowest BCUT2D eigenvalue weighted by Crippen LogP contribution is -2.35. The summed E-state index contributed by atoms with van der Waals surface area (Å²) in [7, 11) is -3.69. The van der Waals surface area contributed by atoms with Gasteiger partial charge in [0.25, 0.3) is 0 Å². The lowest BCUT2D eigenvalue weighted by atomic mass is 9.86. The van der Waals surface area contributed by atoms with E-state index in [1.54, 1.807) is 37.3 Å². The van der Waals surface area contributed by atoms with Crippen LogP contribution in [0.25, 0.3) is 0 Å². The van der Waals surface area contributed by atoms with Crippen molar-refractivity contribution in [1.82, 2.24) is 4.72 Å². The van der Waals surface area contributed by atoms with Gasteiger partial charge in [0.15, 0.2) is 0 Å². The van der Waals surface area contributed by atoms with Gasteiger partial charge in [-0.15, -0.1) is 0 Å². The Bertz CT molecular complexity index is 1020. The van der Waals surface area contributed by atoms with Crippen molar-refractivity contribution in [2.45, 2.75) is 42.3 Å². The highest BCUT2D eigenvalue weighted by atomic mass is 32.2. The number of hydrogen-bond acceptors (Lipinski definition) is 5. The quantitative estimate of drug-likeness (QED) is 0.663. The van der Waals surface area contributed by atoms with E-state index in [0.717, 1.165) is 5.56 Å². The molecule has 154 valence electrons. The topological polar surface area (TPSA) is 113 Å². The Labute approximate surface area is 169 Å². The third-order valence-corrected chi connectivity index (χ3v) is 7.37. The Morgan fingerprint density at radius 1 is 1.21 bits per heavy atom. The third kappa shape index (κ3) is 3.52. The van der Waals surface area contributed by atoms with E-state index in [1.807, 2.05) is 6.07 Å². The SMILES string of the molecule is CC(C(=O)O)c1cccc2c1OC1CC(O)C(CNS(=O)(=O)c3ccccc3)C21. The van der Waals surface area contributed by atoms with Gasteiger partial charge in [0, 0.05) is 35.9 Å². The molecule has 0 aromatic heterocycles. The van der Waals surface area contributed by atoms with Crippen molar-refractivity contribution < 1.29 is 28.2 Å². The van der Waals surface area contributed by atoms with Crippen molar-refractivity contribution in [3.63, 3.8) is 0 Å². The standard InChI is InChI=1S/C21H23NO6S/c1-12(21(24)25)14-8-5-9-15-19-16(17(23)10-18(19)28-20(14)15)11-22-29(26,27)13-6-3-2-4-7-13/h2-9,12,16-19,22-23H,10-11H2,1H3,(H,24,25). The molecular weight excluding hydrogens is 394 g/mol. The normalized spacial score (nSPS) is 26.4. The number of sulfonamides is 1. The predicted octanol–water partition coefficient (Wildman–Crippen LogP) is 2.08. The van der Waals surface area contributed by atoms with Gasteiger partial charge in [-0.3, -0.25) is 4.79 Å². The van der Waals surface area contributed by atoms with Crippen LogP contribution >= 0.6 is 0 Å². The molecule has 1 aliphatic heterocycles. The number of carbonyl (C=O) groups is 1. The van der Waals surface area contributed by atoms with E-state index in [1.165, 1.54) is 12.1 Å². The summed E-state index contributed by atoms with van der Waals surface area (Å²) in [5, 5.41) is 19.9. The van der Waals surface area contributed by atoms with Gasteiger partial charge in [0.05, 0.1) is 16.9 Å². The molecule has 3 N–H and O–H groups in total. The first-order chi connectivity index (χ1) is 13.8. The number of para-hydroxylation sites is 1. The minimum Gasteiger partial charge on any atom is -0.489 e. The number of ether oxygens (including phenoxy) is 1. The van der Waals surface area contributed by atoms with Gasteiger partial charge < -0.3 is 14.9 Å². The summed E-state index contributed by atoms with van der Waals surface area (Å²) in [6, 6.07) is 13.5. The average molecular weight is 417 g/mol. The second-order valence-corrected chi connectivity index (χ2v) is 9.41. The molecule has 0 saturated heterocycles. The molecular formula is C21H23NO6S. The summed E-state index contributed by atoms with van der Waals surface area (Å²) in [5.41, 5.74) is 1.43. The van der Waals surface area contributed by atoms with Crippen LogP contribution in [0.4, 0.5) is 0 Å². The lowest BCUT2D eigenvalue weighted by Gasteiger charge is -2.21. The fourth-order valence-electron chi connectivity index (χ4n) is 4.38. The zero-order valence-electron chi connectivity index (χ0n) is 15.9. The molecule has 7 nitrogen and oxygen atoms in total. The Morgan fingerprint density at radius 3 is 2.62 bits per heavy atom.